The molecule has 47 heavy (non-hydrogen) atoms. The minimum absolute atomic E-state index is 0.00514. The number of anilines is 3. The van der Waals surface area contributed by atoms with Crippen LogP contribution < -0.4 is 16.4 Å². The van der Waals surface area contributed by atoms with Crippen molar-refractivity contribution < 1.29 is 44.2 Å². The van der Waals surface area contributed by atoms with Gasteiger partial charge in [0.1, 0.15) is 16.3 Å². The molecule has 0 atom stereocenters. The molecule has 0 aliphatic carbocycles. The van der Waals surface area contributed by atoms with Crippen molar-refractivity contribution in [2.75, 3.05) is 61.3 Å². The van der Waals surface area contributed by atoms with E-state index in [1.54, 1.807) is 14.0 Å². The van der Waals surface area contributed by atoms with Gasteiger partial charge in [-0.1, -0.05) is 0 Å². The zero-order valence-electron chi connectivity index (χ0n) is 25.2. The van der Waals surface area contributed by atoms with E-state index in [9.17, 15) is 29.8 Å². The molecule has 0 saturated heterocycles. The fraction of sp³-hybridized carbons (Fsp3) is 0.346. The highest BCUT2D eigenvalue weighted by Gasteiger charge is 2.20. The molecule has 0 bridgehead atoms. The first-order chi connectivity index (χ1) is 22.1. The average Bonchev–Trinajstić information content (AvgIpc) is 2.99. The zero-order valence-corrected chi connectivity index (χ0v) is 27.7. The number of hydrogen-bond donors (Lipinski definition) is 6. The van der Waals surface area contributed by atoms with Gasteiger partial charge in [-0.05, 0) is 55.8 Å². The molecule has 0 saturated carbocycles. The number of ether oxygens (including phenoxy) is 1. The van der Waals surface area contributed by atoms with Crippen molar-refractivity contribution in [3.63, 3.8) is 0 Å². The SMILES string of the molecule is COCCCNc1nc(NCCS(=O)(=O)CCO)c(N)c(C)c1N=Nc1ccc(N=Nc2ccc(S(=O)(=O)O)cc2)cc1S(=O)(=O)O. The summed E-state index contributed by atoms with van der Waals surface area (Å²) in [5.74, 6) is -0.308. The molecule has 0 aliphatic heterocycles. The van der Waals surface area contributed by atoms with E-state index in [0.29, 0.717) is 25.1 Å². The lowest BCUT2D eigenvalue weighted by Crippen LogP contribution is -2.21. The monoisotopic (exact) mass is 714 g/mol. The summed E-state index contributed by atoms with van der Waals surface area (Å²) in [5, 5.41) is 30.9. The second kappa shape index (κ2) is 16.1. The minimum Gasteiger partial charge on any atom is -0.395 e. The third-order valence-corrected chi connectivity index (χ3v) is 9.66. The van der Waals surface area contributed by atoms with Gasteiger partial charge in [-0.15, -0.1) is 10.2 Å². The molecular formula is C26H34N8O10S3. The molecule has 21 heteroatoms. The van der Waals surface area contributed by atoms with Gasteiger partial charge in [0, 0.05) is 32.4 Å². The molecule has 0 radical (unpaired) electrons. The van der Waals surface area contributed by atoms with Crippen LogP contribution in [0.25, 0.3) is 0 Å². The predicted molar refractivity (Wildman–Crippen MR) is 173 cm³/mol. The van der Waals surface area contributed by atoms with Gasteiger partial charge in [0.25, 0.3) is 20.2 Å². The number of azo groups is 2. The number of pyridine rings is 1. The van der Waals surface area contributed by atoms with E-state index in [4.69, 9.17) is 20.1 Å². The summed E-state index contributed by atoms with van der Waals surface area (Å²) < 4.78 is 95.0. The van der Waals surface area contributed by atoms with Gasteiger partial charge in [-0.3, -0.25) is 9.11 Å². The number of nitrogen functional groups attached to an aromatic ring is 1. The lowest BCUT2D eigenvalue weighted by Gasteiger charge is -2.16. The van der Waals surface area contributed by atoms with Crippen LogP contribution in [0.15, 0.2) is 72.7 Å². The van der Waals surface area contributed by atoms with Crippen molar-refractivity contribution in [2.24, 2.45) is 20.5 Å². The highest BCUT2D eigenvalue weighted by molar-refractivity contribution is 7.91. The van der Waals surface area contributed by atoms with Crippen LogP contribution in [-0.4, -0.2) is 89.4 Å². The summed E-state index contributed by atoms with van der Waals surface area (Å²) in [7, 11) is -11.2. The van der Waals surface area contributed by atoms with Gasteiger partial charge in [-0.2, -0.15) is 27.1 Å². The van der Waals surface area contributed by atoms with Crippen molar-refractivity contribution in [3.8, 4) is 0 Å². The maximum Gasteiger partial charge on any atom is 0.296 e. The number of nitrogens with one attached hydrogen (secondary N) is 2. The molecule has 3 aromatic rings. The Bertz CT molecular complexity index is 1950. The minimum atomic E-state index is -4.84. The molecule has 0 aliphatic rings. The fourth-order valence-electron chi connectivity index (χ4n) is 3.84. The number of methoxy groups -OCH3 is 1. The Balaban J connectivity index is 1.95. The number of hydrogen-bond acceptors (Lipinski definition) is 16. The van der Waals surface area contributed by atoms with E-state index in [2.05, 4.69) is 36.1 Å². The van der Waals surface area contributed by atoms with Gasteiger partial charge in [0.15, 0.2) is 21.5 Å². The number of aliphatic hydroxyl groups excluding tert-OH is 1. The van der Waals surface area contributed by atoms with Gasteiger partial charge in [0.2, 0.25) is 0 Å². The molecule has 0 amide bonds. The summed E-state index contributed by atoms with van der Waals surface area (Å²) in [4.78, 5) is 3.44. The van der Waals surface area contributed by atoms with Crippen LogP contribution in [0.5, 0.6) is 0 Å². The maximum atomic E-state index is 12.3. The summed E-state index contributed by atoms with van der Waals surface area (Å²) in [6.45, 7) is 1.88. The first kappa shape index (κ1) is 37.3. The Morgan fingerprint density at radius 1 is 0.830 bits per heavy atom. The Morgan fingerprint density at radius 3 is 2.09 bits per heavy atom. The Labute approximate surface area is 271 Å². The number of benzene rings is 2. The number of aromatic nitrogens is 1. The third kappa shape index (κ3) is 11.0. The molecule has 256 valence electrons. The number of rotatable bonds is 17. The quantitative estimate of drug-likeness (QED) is 0.0662. The Hall–Kier alpha value is -4.12. The van der Waals surface area contributed by atoms with Crippen LogP contribution in [0, 0.1) is 6.92 Å². The van der Waals surface area contributed by atoms with E-state index < -0.39 is 41.6 Å². The third-order valence-electron chi connectivity index (χ3n) is 6.28. The summed E-state index contributed by atoms with van der Waals surface area (Å²) >= 11 is 0. The van der Waals surface area contributed by atoms with Crippen molar-refractivity contribution in [2.45, 2.75) is 23.1 Å². The Morgan fingerprint density at radius 2 is 1.47 bits per heavy atom. The first-order valence-electron chi connectivity index (χ1n) is 13.7. The van der Waals surface area contributed by atoms with Crippen LogP contribution in [-0.2, 0) is 34.8 Å². The van der Waals surface area contributed by atoms with Gasteiger partial charge in [0.05, 0.1) is 40.1 Å². The van der Waals surface area contributed by atoms with Gasteiger partial charge >= 0.3 is 0 Å². The normalized spacial score (nSPS) is 12.6. The van der Waals surface area contributed by atoms with E-state index in [-0.39, 0.29) is 63.0 Å². The molecule has 3 rings (SSSR count). The van der Waals surface area contributed by atoms with Crippen molar-refractivity contribution in [1.29, 1.82) is 0 Å². The first-order valence-corrected chi connectivity index (χ1v) is 18.4. The molecule has 0 spiro atoms. The summed E-state index contributed by atoms with van der Waals surface area (Å²) in [6, 6.07) is 8.31. The van der Waals surface area contributed by atoms with Crippen molar-refractivity contribution in [3.05, 3.63) is 48.0 Å². The van der Waals surface area contributed by atoms with Crippen LogP contribution in [0.4, 0.5) is 40.1 Å². The van der Waals surface area contributed by atoms with Gasteiger partial charge in [-0.25, -0.2) is 13.4 Å². The predicted octanol–water partition coefficient (Wildman–Crippen LogP) is 3.56. The fourth-order valence-corrected chi connectivity index (χ4v) is 5.85. The topological polar surface area (TPSA) is 285 Å². The summed E-state index contributed by atoms with van der Waals surface area (Å²) in [6.07, 6.45) is 0.577. The molecule has 1 heterocycles. The lowest BCUT2D eigenvalue weighted by atomic mass is 10.2. The number of sulfone groups is 1. The molecule has 2 aromatic carbocycles. The van der Waals surface area contributed by atoms with Crippen molar-refractivity contribution in [1.82, 2.24) is 4.98 Å². The smallest absolute Gasteiger partial charge is 0.296 e. The van der Waals surface area contributed by atoms with E-state index in [1.165, 1.54) is 24.3 Å². The van der Waals surface area contributed by atoms with Gasteiger partial charge < -0.3 is 26.2 Å². The van der Waals surface area contributed by atoms with E-state index in [1.807, 2.05) is 0 Å². The van der Waals surface area contributed by atoms with Crippen LogP contribution in [0.3, 0.4) is 0 Å². The van der Waals surface area contributed by atoms with E-state index in [0.717, 1.165) is 18.2 Å². The Kier molecular flexibility index (Phi) is 12.8. The van der Waals surface area contributed by atoms with Crippen molar-refractivity contribution >= 4 is 70.1 Å². The number of nitrogens with zero attached hydrogens (tertiary/aromatic N) is 5. The maximum absolute atomic E-state index is 12.3. The van der Waals surface area contributed by atoms with Crippen LogP contribution >= 0.6 is 0 Å². The van der Waals surface area contributed by atoms with Crippen LogP contribution in [0.1, 0.15) is 12.0 Å². The highest BCUT2D eigenvalue weighted by atomic mass is 32.2. The second-order valence-electron chi connectivity index (χ2n) is 9.77. The average molecular weight is 715 g/mol. The second-order valence-corrected chi connectivity index (χ2v) is 14.9. The molecule has 1 aromatic heterocycles. The standard InChI is InChI=1S/C26H34N8O10S3/c1-17-23(27)25(29-11-14-45(36,37)15-12-35)30-26(28-10-3-13-44-2)24(17)34-33-21-9-6-19(16-22(21)47(41,42)43)32-31-18-4-7-20(8-5-18)46(38,39)40/h4-9,16,35H,3,10-15,27H2,1-2H3,(H2,28,29,30)(H,38,39,40)(H,41,42,43). The molecule has 18 nitrogen and oxygen atoms in total. The van der Waals surface area contributed by atoms with Crippen LogP contribution in [0.2, 0.25) is 0 Å². The largest absolute Gasteiger partial charge is 0.395 e. The highest BCUT2D eigenvalue weighted by Crippen LogP contribution is 2.38. The zero-order chi connectivity index (χ0) is 34.8. The lowest BCUT2D eigenvalue weighted by molar-refractivity contribution is 0.198. The molecule has 7 N–H and O–H groups in total. The molecular weight excluding hydrogens is 681 g/mol. The molecule has 0 unspecified atom stereocenters. The molecule has 0 fully saturated rings. The number of aliphatic hydroxyl groups is 1. The number of nitrogens with two attached hydrogens (primary N) is 1. The van der Waals surface area contributed by atoms with E-state index >= 15 is 0 Å². The summed E-state index contributed by atoms with van der Waals surface area (Å²) in [5.41, 5.74) is 6.82.